The van der Waals surface area contributed by atoms with Gasteiger partial charge in [0.1, 0.15) is 0 Å². The van der Waals surface area contributed by atoms with Gasteiger partial charge in [0.2, 0.25) is 0 Å². The molecule has 1 heterocycles. The van der Waals surface area contributed by atoms with Crippen LogP contribution in [0.5, 0.6) is 0 Å². The Labute approximate surface area is 59.6 Å². The quantitative estimate of drug-likeness (QED) is 0.500. The highest BCUT2D eigenvalue weighted by atomic mass is 35.5. The number of hydrogen-bond acceptors (Lipinski definition) is 1. The first-order chi connectivity index (χ1) is 4.22. The van der Waals surface area contributed by atoms with Crippen LogP contribution in [0.2, 0.25) is 0 Å². The summed E-state index contributed by atoms with van der Waals surface area (Å²) in [5, 5.41) is 4.19. The fourth-order valence-corrected chi connectivity index (χ4v) is 0.951. The number of halogens is 1. The molecule has 0 amide bonds. The molecule has 0 unspecified atom stereocenters. The van der Waals surface area contributed by atoms with E-state index in [1.165, 1.54) is 0 Å². The Bertz CT molecular complexity index is 170. The molecule has 1 aliphatic rings. The molecule has 0 saturated heterocycles. The van der Waals surface area contributed by atoms with Gasteiger partial charge in [-0.3, -0.25) is 0 Å². The zero-order chi connectivity index (χ0) is 6.85. The van der Waals surface area contributed by atoms with Gasteiger partial charge >= 0.3 is 0 Å². The summed E-state index contributed by atoms with van der Waals surface area (Å²) in [7, 11) is 0. The first-order valence-corrected chi connectivity index (χ1v) is 3.23. The maximum atomic E-state index is 5.66. The Balaban J connectivity index is 2.77. The van der Waals surface area contributed by atoms with Crippen molar-refractivity contribution in [1.82, 2.24) is 5.43 Å². The minimum absolute atomic E-state index is 0.424. The van der Waals surface area contributed by atoms with E-state index >= 15 is 0 Å². The topological polar surface area (TPSA) is 26.5 Å². The van der Waals surface area contributed by atoms with Gasteiger partial charge in [-0.2, -0.15) is 5.10 Å². The molecule has 0 aromatic carbocycles. The monoisotopic (exact) mass is 143 g/mol. The maximum absolute atomic E-state index is 5.66. The van der Waals surface area contributed by atoms with Gasteiger partial charge in [-0.1, -0.05) is 25.4 Å². The molecule has 3 heteroatoms. The lowest BCUT2D eigenvalue weighted by molar-refractivity contribution is 0.798. The lowest BCUT2D eigenvalue weighted by Gasteiger charge is -1.99. The maximum Gasteiger partial charge on any atom is 0.156 e. The highest BCUT2D eigenvalue weighted by Crippen LogP contribution is 2.18. The smallest absolute Gasteiger partial charge is 0.156 e. The minimum Gasteiger partial charge on any atom is -0.157 e. The standard InChI is InChI=1S/C6H8ClN2/c1-4(2)5-3-8-9-6(5)7/h3-4H,1-2H3. The number of rotatable bonds is 1. The summed E-state index contributed by atoms with van der Waals surface area (Å²) in [6.45, 7) is 4.12. The van der Waals surface area contributed by atoms with E-state index in [0.717, 1.165) is 5.57 Å². The van der Waals surface area contributed by atoms with Gasteiger partial charge in [-0.05, 0) is 5.92 Å². The molecule has 0 fully saturated rings. The normalized spacial score (nSPS) is 17.3. The summed E-state index contributed by atoms with van der Waals surface area (Å²) in [6.07, 6.45) is 1.70. The molecule has 9 heavy (non-hydrogen) atoms. The van der Waals surface area contributed by atoms with Gasteiger partial charge in [0.25, 0.3) is 0 Å². The first-order valence-electron chi connectivity index (χ1n) is 2.85. The van der Waals surface area contributed by atoms with Crippen LogP contribution in [0.3, 0.4) is 0 Å². The summed E-state index contributed by atoms with van der Waals surface area (Å²) >= 11 is 5.66. The average molecular weight is 144 g/mol. The van der Waals surface area contributed by atoms with Crippen LogP contribution in [0, 0.1) is 5.92 Å². The van der Waals surface area contributed by atoms with Crippen molar-refractivity contribution in [3.05, 3.63) is 10.7 Å². The fourth-order valence-electron chi connectivity index (χ4n) is 0.640. The molecule has 0 aliphatic carbocycles. The first kappa shape index (κ1) is 6.62. The van der Waals surface area contributed by atoms with Crippen molar-refractivity contribution >= 4 is 17.8 Å². The van der Waals surface area contributed by atoms with E-state index in [4.69, 9.17) is 11.6 Å². The predicted octanol–water partition coefficient (Wildman–Crippen LogP) is 1.70. The molecule has 2 nitrogen and oxygen atoms in total. The second-order valence-corrected chi connectivity index (χ2v) is 2.60. The lowest BCUT2D eigenvalue weighted by atomic mass is 10.1. The largest absolute Gasteiger partial charge is 0.157 e. The molecule has 0 saturated carbocycles. The number of allylic oxidation sites excluding steroid dienone is 1. The minimum atomic E-state index is 0.424. The van der Waals surface area contributed by atoms with Crippen LogP contribution in [0.1, 0.15) is 13.8 Å². The SMILES string of the molecule is CC(C)C1=C(Cl)[N]N=C1. The highest BCUT2D eigenvalue weighted by molar-refractivity contribution is 6.31. The van der Waals surface area contributed by atoms with Crippen molar-refractivity contribution in [2.45, 2.75) is 13.8 Å². The van der Waals surface area contributed by atoms with E-state index in [2.05, 4.69) is 24.4 Å². The second kappa shape index (κ2) is 2.40. The van der Waals surface area contributed by atoms with Crippen LogP contribution >= 0.6 is 11.6 Å². The van der Waals surface area contributed by atoms with E-state index in [0.29, 0.717) is 11.1 Å². The third kappa shape index (κ3) is 1.24. The molecule has 0 atom stereocenters. The van der Waals surface area contributed by atoms with Crippen LogP contribution < -0.4 is 5.43 Å². The van der Waals surface area contributed by atoms with Crippen molar-refractivity contribution < 1.29 is 0 Å². The summed E-state index contributed by atoms with van der Waals surface area (Å²) in [5.74, 6) is 0.424. The summed E-state index contributed by atoms with van der Waals surface area (Å²) in [5.41, 5.74) is 4.68. The molecule has 1 rings (SSSR count). The zero-order valence-corrected chi connectivity index (χ0v) is 6.18. The van der Waals surface area contributed by atoms with E-state index in [1.807, 2.05) is 0 Å². The molecule has 1 aliphatic heterocycles. The van der Waals surface area contributed by atoms with Crippen molar-refractivity contribution in [2.75, 3.05) is 0 Å². The van der Waals surface area contributed by atoms with Gasteiger partial charge in [0.05, 0.1) is 6.21 Å². The van der Waals surface area contributed by atoms with Crippen molar-refractivity contribution in [2.24, 2.45) is 11.0 Å². The lowest BCUT2D eigenvalue weighted by Crippen LogP contribution is -1.94. The Kier molecular flexibility index (Phi) is 1.76. The number of nitrogens with zero attached hydrogens (tertiary/aromatic N) is 2. The average Bonchev–Trinajstić information content (AvgIpc) is 2.13. The predicted molar refractivity (Wildman–Crippen MR) is 38.3 cm³/mol. The van der Waals surface area contributed by atoms with E-state index in [1.54, 1.807) is 6.21 Å². The fraction of sp³-hybridized carbons (Fsp3) is 0.500. The van der Waals surface area contributed by atoms with E-state index in [-0.39, 0.29) is 0 Å². The van der Waals surface area contributed by atoms with Crippen molar-refractivity contribution in [3.63, 3.8) is 0 Å². The molecule has 49 valence electrons. The summed E-state index contributed by atoms with van der Waals surface area (Å²) < 4.78 is 0. The Hall–Kier alpha value is -0.500. The molecule has 0 aromatic rings. The van der Waals surface area contributed by atoms with Gasteiger partial charge in [-0.15, -0.1) is 5.43 Å². The van der Waals surface area contributed by atoms with Crippen molar-refractivity contribution in [1.29, 1.82) is 0 Å². The van der Waals surface area contributed by atoms with Crippen LogP contribution in [-0.4, -0.2) is 6.21 Å². The second-order valence-electron chi connectivity index (χ2n) is 2.25. The molecule has 0 N–H and O–H groups in total. The van der Waals surface area contributed by atoms with E-state index < -0.39 is 0 Å². The Morgan fingerprint density at radius 3 is 2.44 bits per heavy atom. The van der Waals surface area contributed by atoms with Gasteiger partial charge in [0.15, 0.2) is 5.16 Å². The van der Waals surface area contributed by atoms with Crippen LogP contribution in [-0.2, 0) is 0 Å². The molecule has 0 bridgehead atoms. The molecular formula is C6H8ClN2. The van der Waals surface area contributed by atoms with Gasteiger partial charge in [-0.25, -0.2) is 0 Å². The van der Waals surface area contributed by atoms with E-state index in [9.17, 15) is 0 Å². The highest BCUT2D eigenvalue weighted by Gasteiger charge is 2.11. The summed E-state index contributed by atoms with van der Waals surface area (Å²) in [4.78, 5) is 0. The molecular weight excluding hydrogens is 136 g/mol. The number of hydrogen-bond donors (Lipinski definition) is 0. The molecule has 1 radical (unpaired) electrons. The van der Waals surface area contributed by atoms with Crippen LogP contribution in [0.4, 0.5) is 0 Å². The molecule has 0 aromatic heterocycles. The third-order valence-corrected chi connectivity index (χ3v) is 1.50. The van der Waals surface area contributed by atoms with Crippen molar-refractivity contribution in [3.8, 4) is 0 Å². The van der Waals surface area contributed by atoms with Gasteiger partial charge < -0.3 is 0 Å². The van der Waals surface area contributed by atoms with Crippen LogP contribution in [0.15, 0.2) is 15.8 Å². The Morgan fingerprint density at radius 1 is 1.56 bits per heavy atom. The van der Waals surface area contributed by atoms with Gasteiger partial charge in [0, 0.05) is 5.57 Å². The molecule has 0 spiro atoms. The Morgan fingerprint density at radius 2 is 2.22 bits per heavy atom. The zero-order valence-electron chi connectivity index (χ0n) is 5.43. The third-order valence-electron chi connectivity index (χ3n) is 1.20. The summed E-state index contributed by atoms with van der Waals surface area (Å²) in [6, 6.07) is 0. The van der Waals surface area contributed by atoms with Crippen LogP contribution in [0.25, 0.3) is 0 Å².